The topological polar surface area (TPSA) is 58.2 Å². The maximum Gasteiger partial charge on any atom is 0.214 e. The number of rotatable bonds is 7. The maximum absolute atomic E-state index is 12.0. The molecule has 0 saturated heterocycles. The molecule has 6 heteroatoms. The van der Waals surface area contributed by atoms with Crippen LogP contribution in [0.5, 0.6) is 0 Å². The Balaban J connectivity index is 1.44. The first-order valence-electron chi connectivity index (χ1n) is 9.33. The predicted molar refractivity (Wildman–Crippen MR) is 111 cm³/mol. The number of benzene rings is 1. The number of anilines is 1. The van der Waals surface area contributed by atoms with Crippen LogP contribution in [0, 0.1) is 5.92 Å². The molecular weight excluding hydrogens is 364 g/mol. The van der Waals surface area contributed by atoms with Gasteiger partial charge in [-0.25, -0.2) is 13.1 Å². The third-order valence-electron chi connectivity index (χ3n) is 5.08. The van der Waals surface area contributed by atoms with Crippen LogP contribution in [0.4, 0.5) is 5.69 Å². The molecule has 0 amide bonds. The summed E-state index contributed by atoms with van der Waals surface area (Å²) in [5.74, 6) is 0.603. The van der Waals surface area contributed by atoms with Gasteiger partial charge in [0, 0.05) is 23.2 Å². The van der Waals surface area contributed by atoms with Crippen LogP contribution in [0.1, 0.15) is 39.5 Å². The number of sulfonamides is 1. The Morgan fingerprint density at radius 3 is 2.35 bits per heavy atom. The van der Waals surface area contributed by atoms with E-state index in [2.05, 4.69) is 51.8 Å². The number of thiophene rings is 1. The van der Waals surface area contributed by atoms with Crippen molar-refractivity contribution in [3.8, 4) is 10.4 Å². The highest BCUT2D eigenvalue weighted by atomic mass is 32.2. The number of hydrogen-bond donors (Lipinski definition) is 2. The second-order valence-electron chi connectivity index (χ2n) is 7.36. The lowest BCUT2D eigenvalue weighted by Gasteiger charge is -2.29. The summed E-state index contributed by atoms with van der Waals surface area (Å²) in [5, 5.41) is 5.27. The highest BCUT2D eigenvalue weighted by Crippen LogP contribution is 2.27. The first-order valence-corrected chi connectivity index (χ1v) is 11.8. The quantitative estimate of drug-likeness (QED) is 0.717. The van der Waals surface area contributed by atoms with Gasteiger partial charge < -0.3 is 5.32 Å². The van der Waals surface area contributed by atoms with Gasteiger partial charge in [0.15, 0.2) is 0 Å². The van der Waals surface area contributed by atoms with E-state index in [-0.39, 0.29) is 11.3 Å². The molecule has 1 aliphatic carbocycles. The van der Waals surface area contributed by atoms with E-state index in [0.717, 1.165) is 37.9 Å². The number of hydrogen-bond acceptors (Lipinski definition) is 4. The Bertz CT molecular complexity index is 776. The van der Waals surface area contributed by atoms with E-state index in [9.17, 15) is 8.42 Å². The van der Waals surface area contributed by atoms with Crippen molar-refractivity contribution in [2.75, 3.05) is 11.9 Å². The third-order valence-corrected chi connectivity index (χ3v) is 7.91. The minimum atomic E-state index is -3.16. The molecule has 0 unspecified atom stereocenters. The van der Waals surface area contributed by atoms with Gasteiger partial charge in [-0.15, -0.1) is 11.3 Å². The molecule has 0 aliphatic heterocycles. The first-order chi connectivity index (χ1) is 12.4. The summed E-state index contributed by atoms with van der Waals surface area (Å²) >= 11 is 1.75. The smallest absolute Gasteiger partial charge is 0.214 e. The molecular formula is C20H28N2O2S2. The minimum Gasteiger partial charge on any atom is -0.385 e. The van der Waals surface area contributed by atoms with E-state index >= 15 is 0 Å². The summed E-state index contributed by atoms with van der Waals surface area (Å²) in [4.78, 5) is 1.29. The predicted octanol–water partition coefficient (Wildman–Crippen LogP) is 4.71. The monoisotopic (exact) mass is 392 g/mol. The zero-order chi connectivity index (χ0) is 18.6. The van der Waals surface area contributed by atoms with Gasteiger partial charge in [0.25, 0.3) is 0 Å². The standard InChI is InChI=1S/C20H28N2O2S2/c1-15(2)26(23,24)22-19-9-5-16(6-10-19)14-21-18-11-7-17(8-12-18)20-4-3-13-25-20/h3-4,7-8,11-13,15-16,19,21-22H,5-6,9-10,14H2,1-2H3. The van der Waals surface area contributed by atoms with Crippen molar-refractivity contribution < 1.29 is 8.42 Å². The van der Waals surface area contributed by atoms with Gasteiger partial charge in [0.1, 0.15) is 0 Å². The Hall–Kier alpha value is -1.37. The highest BCUT2D eigenvalue weighted by Gasteiger charge is 2.26. The Morgan fingerprint density at radius 1 is 1.08 bits per heavy atom. The van der Waals surface area contributed by atoms with Gasteiger partial charge in [-0.1, -0.05) is 18.2 Å². The number of nitrogens with one attached hydrogen (secondary N) is 2. The molecule has 142 valence electrons. The van der Waals surface area contributed by atoms with Crippen molar-refractivity contribution in [1.82, 2.24) is 4.72 Å². The molecule has 4 nitrogen and oxygen atoms in total. The lowest BCUT2D eigenvalue weighted by Crippen LogP contribution is -2.41. The Kier molecular flexibility index (Phi) is 6.37. The SMILES string of the molecule is CC(C)S(=O)(=O)NC1CCC(CNc2ccc(-c3cccs3)cc2)CC1. The van der Waals surface area contributed by atoms with Gasteiger partial charge in [-0.3, -0.25) is 0 Å². The molecule has 1 aromatic carbocycles. The fourth-order valence-corrected chi connectivity index (χ4v) is 5.02. The molecule has 1 fully saturated rings. The van der Waals surface area contributed by atoms with Crippen LogP contribution in [0.3, 0.4) is 0 Å². The average Bonchev–Trinajstić information content (AvgIpc) is 3.16. The van der Waals surface area contributed by atoms with Crippen molar-refractivity contribution in [2.24, 2.45) is 5.92 Å². The molecule has 0 spiro atoms. The van der Waals surface area contributed by atoms with Crippen molar-refractivity contribution in [1.29, 1.82) is 0 Å². The van der Waals surface area contributed by atoms with E-state index in [0.29, 0.717) is 5.92 Å². The van der Waals surface area contributed by atoms with Gasteiger partial charge in [0.05, 0.1) is 5.25 Å². The summed E-state index contributed by atoms with van der Waals surface area (Å²) in [6.45, 7) is 4.39. The van der Waals surface area contributed by atoms with Crippen molar-refractivity contribution in [3.05, 3.63) is 41.8 Å². The zero-order valence-electron chi connectivity index (χ0n) is 15.4. The molecule has 1 aliphatic rings. The van der Waals surface area contributed by atoms with Gasteiger partial charge >= 0.3 is 0 Å². The van der Waals surface area contributed by atoms with Crippen LogP contribution in [-0.4, -0.2) is 26.3 Å². The summed E-state index contributed by atoms with van der Waals surface area (Å²) in [6.07, 6.45) is 3.97. The van der Waals surface area contributed by atoms with Crippen LogP contribution < -0.4 is 10.0 Å². The molecule has 2 N–H and O–H groups in total. The molecule has 0 atom stereocenters. The van der Waals surface area contributed by atoms with Crippen molar-refractivity contribution >= 4 is 27.0 Å². The zero-order valence-corrected chi connectivity index (χ0v) is 17.1. The summed E-state index contributed by atoms with van der Waals surface area (Å²) in [7, 11) is -3.16. The molecule has 0 bridgehead atoms. The lowest BCUT2D eigenvalue weighted by molar-refractivity contribution is 0.323. The molecule has 26 heavy (non-hydrogen) atoms. The molecule has 1 saturated carbocycles. The maximum atomic E-state index is 12.0. The van der Waals surface area contributed by atoms with E-state index < -0.39 is 10.0 Å². The molecule has 1 heterocycles. The Labute approximate surface area is 161 Å². The fourth-order valence-electron chi connectivity index (χ4n) is 3.31. The fraction of sp³-hybridized carbons (Fsp3) is 0.500. The molecule has 2 aromatic rings. The van der Waals surface area contributed by atoms with Gasteiger partial charge in [-0.2, -0.15) is 0 Å². The minimum absolute atomic E-state index is 0.101. The van der Waals surface area contributed by atoms with Crippen LogP contribution in [0.15, 0.2) is 41.8 Å². The van der Waals surface area contributed by atoms with E-state index in [1.807, 2.05) is 0 Å². The largest absolute Gasteiger partial charge is 0.385 e. The van der Waals surface area contributed by atoms with E-state index in [4.69, 9.17) is 0 Å². The van der Waals surface area contributed by atoms with Crippen molar-refractivity contribution in [3.63, 3.8) is 0 Å². The second kappa shape index (κ2) is 8.55. The molecule has 3 rings (SSSR count). The van der Waals surface area contributed by atoms with Gasteiger partial charge in [-0.05, 0) is 74.6 Å². The summed E-state index contributed by atoms with van der Waals surface area (Å²) in [6, 6.07) is 12.9. The second-order valence-corrected chi connectivity index (χ2v) is 10.6. The molecule has 0 radical (unpaired) electrons. The van der Waals surface area contributed by atoms with E-state index in [1.54, 1.807) is 25.2 Å². The normalized spacial score (nSPS) is 21.0. The average molecular weight is 393 g/mol. The summed E-state index contributed by atoms with van der Waals surface area (Å²) < 4.78 is 26.8. The van der Waals surface area contributed by atoms with Gasteiger partial charge in [0.2, 0.25) is 10.0 Å². The van der Waals surface area contributed by atoms with Crippen LogP contribution in [0.25, 0.3) is 10.4 Å². The third kappa shape index (κ3) is 5.09. The highest BCUT2D eigenvalue weighted by molar-refractivity contribution is 7.90. The van der Waals surface area contributed by atoms with E-state index in [1.165, 1.54) is 10.4 Å². The first kappa shape index (κ1) is 19.4. The van der Waals surface area contributed by atoms with Crippen LogP contribution in [0.2, 0.25) is 0 Å². The van der Waals surface area contributed by atoms with Crippen molar-refractivity contribution in [2.45, 2.75) is 50.8 Å². The van der Waals surface area contributed by atoms with Crippen LogP contribution >= 0.6 is 11.3 Å². The lowest BCUT2D eigenvalue weighted by atomic mass is 9.86. The Morgan fingerprint density at radius 2 is 1.77 bits per heavy atom. The molecule has 1 aromatic heterocycles. The summed E-state index contributed by atoms with van der Waals surface area (Å²) in [5.41, 5.74) is 2.40. The van der Waals surface area contributed by atoms with Crippen LogP contribution in [-0.2, 0) is 10.0 Å².